The summed E-state index contributed by atoms with van der Waals surface area (Å²) in [6, 6.07) is 0. The molecular formula is C14H31N3. The highest BCUT2D eigenvalue weighted by atomic mass is 15.1. The molecule has 0 atom stereocenters. The van der Waals surface area contributed by atoms with Gasteiger partial charge in [-0.1, -0.05) is 13.3 Å². The summed E-state index contributed by atoms with van der Waals surface area (Å²) in [7, 11) is 4.29. The predicted molar refractivity (Wildman–Crippen MR) is 75.2 cm³/mol. The molecule has 3 heteroatoms. The minimum Gasteiger partial charge on any atom is -0.330 e. The normalized spacial score (nSPS) is 18.7. The van der Waals surface area contributed by atoms with E-state index in [9.17, 15) is 0 Å². The standard InChI is InChI=1S/C14H31N3/c1-4-17(11-6-10-16(2)3)12-9-14(13-15)7-5-8-14/h4-13,15H2,1-3H3. The second-order valence-corrected chi connectivity index (χ2v) is 5.90. The molecule has 1 aliphatic carbocycles. The predicted octanol–water partition coefficient (Wildman–Crippen LogP) is 1.78. The Hall–Kier alpha value is -0.120. The van der Waals surface area contributed by atoms with E-state index < -0.39 is 0 Å². The van der Waals surface area contributed by atoms with Crippen LogP contribution in [0.25, 0.3) is 0 Å². The van der Waals surface area contributed by atoms with Crippen molar-refractivity contribution in [2.24, 2.45) is 11.1 Å². The van der Waals surface area contributed by atoms with Gasteiger partial charge < -0.3 is 15.5 Å². The van der Waals surface area contributed by atoms with E-state index in [-0.39, 0.29) is 0 Å². The molecule has 0 heterocycles. The number of nitrogens with two attached hydrogens (primary N) is 1. The zero-order valence-corrected chi connectivity index (χ0v) is 12.0. The van der Waals surface area contributed by atoms with Crippen LogP contribution in [0.2, 0.25) is 0 Å². The van der Waals surface area contributed by atoms with Crippen molar-refractivity contribution in [3.05, 3.63) is 0 Å². The van der Waals surface area contributed by atoms with Crippen molar-refractivity contribution in [3.63, 3.8) is 0 Å². The Morgan fingerprint density at radius 2 is 1.82 bits per heavy atom. The molecule has 0 aromatic heterocycles. The summed E-state index contributed by atoms with van der Waals surface area (Å²) in [6.45, 7) is 8.00. The first-order valence-corrected chi connectivity index (χ1v) is 7.19. The van der Waals surface area contributed by atoms with Crippen molar-refractivity contribution >= 4 is 0 Å². The van der Waals surface area contributed by atoms with Gasteiger partial charge in [-0.25, -0.2) is 0 Å². The van der Waals surface area contributed by atoms with E-state index in [4.69, 9.17) is 5.73 Å². The Balaban J connectivity index is 2.17. The van der Waals surface area contributed by atoms with Gasteiger partial charge in [-0.15, -0.1) is 0 Å². The first-order chi connectivity index (χ1) is 8.12. The molecule has 17 heavy (non-hydrogen) atoms. The molecule has 0 bridgehead atoms. The van der Waals surface area contributed by atoms with E-state index in [0.717, 1.165) is 6.54 Å². The van der Waals surface area contributed by atoms with Gasteiger partial charge in [-0.3, -0.25) is 0 Å². The van der Waals surface area contributed by atoms with Crippen molar-refractivity contribution in [1.29, 1.82) is 0 Å². The summed E-state index contributed by atoms with van der Waals surface area (Å²) in [4.78, 5) is 4.85. The zero-order valence-electron chi connectivity index (χ0n) is 12.0. The highest BCUT2D eigenvalue weighted by molar-refractivity contribution is 4.89. The maximum atomic E-state index is 5.91. The molecule has 3 nitrogen and oxygen atoms in total. The topological polar surface area (TPSA) is 32.5 Å². The van der Waals surface area contributed by atoms with Gasteiger partial charge in [0.15, 0.2) is 0 Å². The smallest absolute Gasteiger partial charge is 0.000666 e. The lowest BCUT2D eigenvalue weighted by atomic mass is 9.66. The van der Waals surface area contributed by atoms with Crippen LogP contribution >= 0.6 is 0 Å². The van der Waals surface area contributed by atoms with Crippen LogP contribution in [0.1, 0.15) is 39.0 Å². The molecular weight excluding hydrogens is 210 g/mol. The van der Waals surface area contributed by atoms with E-state index in [1.807, 2.05) is 0 Å². The van der Waals surface area contributed by atoms with E-state index in [1.165, 1.54) is 58.3 Å². The molecule has 0 aromatic carbocycles. The molecule has 0 unspecified atom stereocenters. The van der Waals surface area contributed by atoms with Crippen molar-refractivity contribution < 1.29 is 0 Å². The highest BCUT2D eigenvalue weighted by Gasteiger charge is 2.35. The highest BCUT2D eigenvalue weighted by Crippen LogP contribution is 2.42. The Bertz CT molecular complexity index is 194. The minimum absolute atomic E-state index is 0.509. The van der Waals surface area contributed by atoms with Crippen molar-refractivity contribution in [2.75, 3.05) is 46.8 Å². The fourth-order valence-electron chi connectivity index (χ4n) is 2.67. The van der Waals surface area contributed by atoms with E-state index in [1.54, 1.807) is 0 Å². The monoisotopic (exact) mass is 241 g/mol. The van der Waals surface area contributed by atoms with Crippen LogP contribution in [-0.4, -0.2) is 56.6 Å². The molecule has 1 rings (SSSR count). The number of nitrogens with zero attached hydrogens (tertiary/aromatic N) is 2. The fraction of sp³-hybridized carbons (Fsp3) is 1.00. The average molecular weight is 241 g/mol. The lowest BCUT2D eigenvalue weighted by Crippen LogP contribution is -2.41. The summed E-state index contributed by atoms with van der Waals surface area (Å²) in [5.41, 5.74) is 6.42. The second kappa shape index (κ2) is 7.34. The molecule has 0 radical (unpaired) electrons. The molecule has 1 fully saturated rings. The van der Waals surface area contributed by atoms with Gasteiger partial charge in [0.25, 0.3) is 0 Å². The van der Waals surface area contributed by atoms with E-state index in [2.05, 4.69) is 30.8 Å². The second-order valence-electron chi connectivity index (χ2n) is 5.90. The minimum atomic E-state index is 0.509. The summed E-state index contributed by atoms with van der Waals surface area (Å²) in [5, 5.41) is 0. The summed E-state index contributed by atoms with van der Waals surface area (Å²) < 4.78 is 0. The van der Waals surface area contributed by atoms with Crippen LogP contribution in [0, 0.1) is 5.41 Å². The first kappa shape index (κ1) is 14.9. The Labute approximate surface area is 107 Å². The fourth-order valence-corrected chi connectivity index (χ4v) is 2.67. The molecule has 0 saturated heterocycles. The quantitative estimate of drug-likeness (QED) is 0.668. The van der Waals surface area contributed by atoms with Crippen LogP contribution in [0.4, 0.5) is 0 Å². The Morgan fingerprint density at radius 1 is 1.12 bits per heavy atom. The first-order valence-electron chi connectivity index (χ1n) is 7.19. The summed E-state index contributed by atoms with van der Waals surface area (Å²) in [5.74, 6) is 0. The summed E-state index contributed by atoms with van der Waals surface area (Å²) >= 11 is 0. The van der Waals surface area contributed by atoms with Gasteiger partial charge in [0.05, 0.1) is 0 Å². The van der Waals surface area contributed by atoms with Crippen molar-refractivity contribution in [3.8, 4) is 0 Å². The third kappa shape index (κ3) is 4.94. The van der Waals surface area contributed by atoms with Crippen LogP contribution < -0.4 is 5.73 Å². The van der Waals surface area contributed by atoms with Crippen LogP contribution in [-0.2, 0) is 0 Å². The van der Waals surface area contributed by atoms with E-state index >= 15 is 0 Å². The maximum Gasteiger partial charge on any atom is -0.000666 e. The van der Waals surface area contributed by atoms with Gasteiger partial charge >= 0.3 is 0 Å². The molecule has 1 aliphatic rings. The number of hydrogen-bond donors (Lipinski definition) is 1. The molecule has 0 aliphatic heterocycles. The third-order valence-electron chi connectivity index (χ3n) is 4.33. The SMILES string of the molecule is CCN(CCCN(C)C)CCC1(CN)CCC1. The third-order valence-corrected chi connectivity index (χ3v) is 4.33. The van der Waals surface area contributed by atoms with Crippen LogP contribution in [0.3, 0.4) is 0 Å². The average Bonchev–Trinajstić information content (AvgIpc) is 2.25. The largest absolute Gasteiger partial charge is 0.330 e. The number of rotatable bonds is 9. The van der Waals surface area contributed by atoms with E-state index in [0.29, 0.717) is 5.41 Å². The maximum absolute atomic E-state index is 5.91. The van der Waals surface area contributed by atoms with Gasteiger partial charge in [0.2, 0.25) is 0 Å². The zero-order chi connectivity index (χ0) is 12.7. The van der Waals surface area contributed by atoms with Gasteiger partial charge in [-0.2, -0.15) is 0 Å². The Kier molecular flexibility index (Phi) is 6.45. The lowest BCUT2D eigenvalue weighted by molar-refractivity contribution is 0.106. The summed E-state index contributed by atoms with van der Waals surface area (Å²) in [6.07, 6.45) is 6.69. The molecule has 1 saturated carbocycles. The lowest BCUT2D eigenvalue weighted by Gasteiger charge is -2.42. The van der Waals surface area contributed by atoms with Crippen LogP contribution in [0.5, 0.6) is 0 Å². The van der Waals surface area contributed by atoms with Crippen LogP contribution in [0.15, 0.2) is 0 Å². The molecule has 102 valence electrons. The Morgan fingerprint density at radius 3 is 2.24 bits per heavy atom. The van der Waals surface area contributed by atoms with Gasteiger partial charge in [0.1, 0.15) is 0 Å². The van der Waals surface area contributed by atoms with Gasteiger partial charge in [-0.05, 0) is 77.9 Å². The molecule has 0 amide bonds. The molecule has 2 N–H and O–H groups in total. The number of hydrogen-bond acceptors (Lipinski definition) is 3. The molecule has 0 aromatic rings. The van der Waals surface area contributed by atoms with Gasteiger partial charge in [0, 0.05) is 0 Å². The molecule has 0 spiro atoms. The van der Waals surface area contributed by atoms with Crippen molar-refractivity contribution in [2.45, 2.75) is 39.0 Å². The van der Waals surface area contributed by atoms with Crippen molar-refractivity contribution in [1.82, 2.24) is 9.80 Å².